The van der Waals surface area contributed by atoms with Crippen LogP contribution in [0.15, 0.2) is 34.5 Å². The lowest BCUT2D eigenvalue weighted by Crippen LogP contribution is -2.23. The summed E-state index contributed by atoms with van der Waals surface area (Å²) in [5.41, 5.74) is 2.07. The van der Waals surface area contributed by atoms with Gasteiger partial charge in [0.05, 0.1) is 15.6 Å². The van der Waals surface area contributed by atoms with E-state index < -0.39 is 10.0 Å². The standard InChI is InChI=1S/C15H21N3O2S2/c1-10(17-11(2)15-9-21-12(3)18-15)13-5-7-14(8-6-13)22(19,20)16-4/h5-11,16-17H,1-4H3/t10-,11-/m0/s1. The smallest absolute Gasteiger partial charge is 0.240 e. The summed E-state index contributed by atoms with van der Waals surface area (Å²) < 4.78 is 25.7. The molecule has 0 fully saturated rings. The molecule has 0 saturated carbocycles. The summed E-state index contributed by atoms with van der Waals surface area (Å²) in [4.78, 5) is 4.76. The van der Waals surface area contributed by atoms with Crippen molar-refractivity contribution in [3.8, 4) is 0 Å². The summed E-state index contributed by atoms with van der Waals surface area (Å²) in [7, 11) is -1.98. The fourth-order valence-electron chi connectivity index (χ4n) is 2.19. The molecule has 0 saturated heterocycles. The molecule has 120 valence electrons. The zero-order valence-corrected chi connectivity index (χ0v) is 14.8. The Labute approximate surface area is 135 Å². The van der Waals surface area contributed by atoms with Crippen molar-refractivity contribution in [2.75, 3.05) is 7.05 Å². The van der Waals surface area contributed by atoms with Gasteiger partial charge in [0.1, 0.15) is 0 Å². The Kier molecular flexibility index (Phi) is 5.33. The van der Waals surface area contributed by atoms with E-state index in [4.69, 9.17) is 0 Å². The lowest BCUT2D eigenvalue weighted by Gasteiger charge is -2.19. The number of benzene rings is 1. The van der Waals surface area contributed by atoms with E-state index in [0.717, 1.165) is 16.3 Å². The topological polar surface area (TPSA) is 71.1 Å². The largest absolute Gasteiger partial charge is 0.302 e. The molecule has 0 aliphatic heterocycles. The minimum Gasteiger partial charge on any atom is -0.302 e. The minimum atomic E-state index is -3.38. The number of nitrogens with one attached hydrogen (secondary N) is 2. The van der Waals surface area contributed by atoms with Crippen LogP contribution in [0.4, 0.5) is 0 Å². The van der Waals surface area contributed by atoms with E-state index in [-0.39, 0.29) is 17.0 Å². The molecule has 2 atom stereocenters. The van der Waals surface area contributed by atoms with Crippen LogP contribution in [-0.2, 0) is 10.0 Å². The monoisotopic (exact) mass is 339 g/mol. The van der Waals surface area contributed by atoms with Gasteiger partial charge in [0.15, 0.2) is 0 Å². The van der Waals surface area contributed by atoms with Crippen LogP contribution in [0, 0.1) is 6.92 Å². The van der Waals surface area contributed by atoms with Gasteiger partial charge in [-0.25, -0.2) is 18.1 Å². The van der Waals surface area contributed by atoms with Crippen molar-refractivity contribution in [2.24, 2.45) is 0 Å². The molecule has 1 aromatic heterocycles. The highest BCUT2D eigenvalue weighted by molar-refractivity contribution is 7.89. The number of hydrogen-bond acceptors (Lipinski definition) is 5. The van der Waals surface area contributed by atoms with E-state index in [9.17, 15) is 8.42 Å². The Morgan fingerprint density at radius 1 is 1.14 bits per heavy atom. The Bertz CT molecular complexity index is 724. The van der Waals surface area contributed by atoms with Gasteiger partial charge in [0, 0.05) is 17.5 Å². The number of sulfonamides is 1. The van der Waals surface area contributed by atoms with Crippen LogP contribution in [0.2, 0.25) is 0 Å². The van der Waals surface area contributed by atoms with Gasteiger partial charge in [0.25, 0.3) is 0 Å². The lowest BCUT2D eigenvalue weighted by molar-refractivity contribution is 0.487. The fourth-order valence-corrected chi connectivity index (χ4v) is 3.63. The Morgan fingerprint density at radius 2 is 1.77 bits per heavy atom. The van der Waals surface area contributed by atoms with E-state index >= 15 is 0 Å². The number of rotatable bonds is 6. The molecule has 5 nitrogen and oxygen atoms in total. The summed E-state index contributed by atoms with van der Waals surface area (Å²) in [5.74, 6) is 0. The zero-order chi connectivity index (χ0) is 16.3. The van der Waals surface area contributed by atoms with Gasteiger partial charge in [-0.2, -0.15) is 0 Å². The molecule has 0 radical (unpaired) electrons. The van der Waals surface area contributed by atoms with Gasteiger partial charge >= 0.3 is 0 Å². The Morgan fingerprint density at radius 3 is 2.27 bits per heavy atom. The molecule has 7 heteroatoms. The number of hydrogen-bond donors (Lipinski definition) is 2. The highest BCUT2D eigenvalue weighted by Crippen LogP contribution is 2.21. The van der Waals surface area contributed by atoms with Crippen molar-refractivity contribution in [3.05, 3.63) is 45.9 Å². The second kappa shape index (κ2) is 6.87. The maximum atomic E-state index is 11.7. The second-order valence-electron chi connectivity index (χ2n) is 5.18. The molecule has 2 aromatic rings. The quantitative estimate of drug-likeness (QED) is 0.849. The molecule has 0 amide bonds. The molecular weight excluding hydrogens is 318 g/mol. The molecule has 0 spiro atoms. The minimum absolute atomic E-state index is 0.100. The molecule has 1 aromatic carbocycles. The van der Waals surface area contributed by atoms with Crippen molar-refractivity contribution in [3.63, 3.8) is 0 Å². The van der Waals surface area contributed by atoms with Crippen LogP contribution in [0.1, 0.15) is 42.2 Å². The maximum absolute atomic E-state index is 11.7. The number of thiazole rings is 1. The molecule has 1 heterocycles. The lowest BCUT2D eigenvalue weighted by atomic mass is 10.1. The Hall–Kier alpha value is -1.28. The maximum Gasteiger partial charge on any atom is 0.240 e. The fraction of sp³-hybridized carbons (Fsp3) is 0.400. The van der Waals surface area contributed by atoms with Crippen LogP contribution in [0.3, 0.4) is 0 Å². The Balaban J connectivity index is 2.08. The van der Waals surface area contributed by atoms with Crippen LogP contribution < -0.4 is 10.0 Å². The van der Waals surface area contributed by atoms with Crippen molar-refractivity contribution < 1.29 is 8.42 Å². The highest BCUT2D eigenvalue weighted by Gasteiger charge is 2.15. The van der Waals surface area contributed by atoms with Crippen molar-refractivity contribution in [2.45, 2.75) is 37.8 Å². The molecule has 22 heavy (non-hydrogen) atoms. The average molecular weight is 339 g/mol. The first kappa shape index (κ1) is 17.1. The second-order valence-corrected chi connectivity index (χ2v) is 8.13. The third-order valence-electron chi connectivity index (χ3n) is 3.54. The van der Waals surface area contributed by atoms with Gasteiger partial charge in [0.2, 0.25) is 10.0 Å². The average Bonchev–Trinajstić information content (AvgIpc) is 2.94. The first-order valence-corrected chi connectivity index (χ1v) is 9.41. The van der Waals surface area contributed by atoms with Crippen molar-refractivity contribution in [1.82, 2.24) is 15.0 Å². The molecular formula is C15H21N3O2S2. The van der Waals surface area contributed by atoms with Crippen LogP contribution in [0.25, 0.3) is 0 Å². The molecule has 0 aliphatic rings. The third kappa shape index (κ3) is 3.92. The van der Waals surface area contributed by atoms with Gasteiger partial charge < -0.3 is 5.32 Å². The summed E-state index contributed by atoms with van der Waals surface area (Å²) in [5, 5.41) is 6.59. The predicted octanol–water partition coefficient (Wildman–Crippen LogP) is 2.77. The molecule has 0 bridgehead atoms. The van der Waals surface area contributed by atoms with Gasteiger partial charge in [-0.1, -0.05) is 12.1 Å². The highest BCUT2D eigenvalue weighted by atomic mass is 32.2. The predicted molar refractivity (Wildman–Crippen MR) is 89.5 cm³/mol. The SMILES string of the molecule is CNS(=O)(=O)c1ccc([C@H](C)N[C@@H](C)c2csc(C)n2)cc1. The first-order valence-electron chi connectivity index (χ1n) is 7.05. The van der Waals surface area contributed by atoms with Crippen LogP contribution in [0.5, 0.6) is 0 Å². The van der Waals surface area contributed by atoms with E-state index in [0.29, 0.717) is 0 Å². The summed E-state index contributed by atoms with van der Waals surface area (Å²) in [6.07, 6.45) is 0. The number of aryl methyl sites for hydroxylation is 1. The molecule has 0 unspecified atom stereocenters. The number of aromatic nitrogens is 1. The zero-order valence-electron chi connectivity index (χ0n) is 13.1. The third-order valence-corrected chi connectivity index (χ3v) is 5.76. The number of nitrogens with zero attached hydrogens (tertiary/aromatic N) is 1. The summed E-state index contributed by atoms with van der Waals surface area (Å²) in [6, 6.07) is 7.15. The van der Waals surface area contributed by atoms with E-state index in [1.165, 1.54) is 7.05 Å². The normalized spacial score (nSPS) is 14.7. The van der Waals surface area contributed by atoms with Crippen molar-refractivity contribution >= 4 is 21.4 Å². The molecule has 2 N–H and O–H groups in total. The molecule has 2 rings (SSSR count). The van der Waals surface area contributed by atoms with E-state index in [2.05, 4.69) is 34.3 Å². The molecule has 0 aliphatic carbocycles. The van der Waals surface area contributed by atoms with Gasteiger partial charge in [-0.3, -0.25) is 0 Å². The van der Waals surface area contributed by atoms with Crippen molar-refractivity contribution in [1.29, 1.82) is 0 Å². The van der Waals surface area contributed by atoms with Crippen LogP contribution in [-0.4, -0.2) is 20.4 Å². The summed E-state index contributed by atoms with van der Waals surface area (Å²) in [6.45, 7) is 6.12. The van der Waals surface area contributed by atoms with E-state index in [1.807, 2.05) is 19.1 Å². The first-order chi connectivity index (χ1) is 10.3. The van der Waals surface area contributed by atoms with Gasteiger partial charge in [-0.05, 0) is 45.5 Å². The van der Waals surface area contributed by atoms with Gasteiger partial charge in [-0.15, -0.1) is 11.3 Å². The summed E-state index contributed by atoms with van der Waals surface area (Å²) >= 11 is 1.64. The van der Waals surface area contributed by atoms with E-state index in [1.54, 1.807) is 23.5 Å². The van der Waals surface area contributed by atoms with Crippen LogP contribution >= 0.6 is 11.3 Å².